The van der Waals surface area contributed by atoms with Gasteiger partial charge in [-0.05, 0) is 24.6 Å². The zero-order valence-corrected chi connectivity index (χ0v) is 13.5. The van der Waals surface area contributed by atoms with Crippen molar-refractivity contribution in [3.05, 3.63) is 48.3 Å². The van der Waals surface area contributed by atoms with E-state index in [0.717, 1.165) is 50.5 Å². The first-order valence-electron chi connectivity index (χ1n) is 8.04. The number of nitrogens with one attached hydrogen (secondary N) is 1. The van der Waals surface area contributed by atoms with E-state index in [4.69, 9.17) is 0 Å². The summed E-state index contributed by atoms with van der Waals surface area (Å²) < 4.78 is 1.94. The van der Waals surface area contributed by atoms with Gasteiger partial charge in [-0.3, -0.25) is 9.58 Å². The molecule has 0 aliphatic carbocycles. The molecule has 2 heterocycles. The molecule has 0 saturated carbocycles. The molecule has 6 heteroatoms. The number of amides is 2. The number of carbonyl (C=O) groups excluding carboxylic acids is 1. The molecule has 1 aromatic carbocycles. The SMILES string of the molecule is Cc1ccccc1NC(=O)N1CCN(CCn2cccn2)CC1. The molecular weight excluding hydrogens is 290 g/mol. The molecule has 1 N–H and O–H groups in total. The van der Waals surface area contributed by atoms with Gasteiger partial charge in [-0.15, -0.1) is 0 Å². The molecule has 1 fully saturated rings. The number of nitrogens with zero attached hydrogens (tertiary/aromatic N) is 4. The van der Waals surface area contributed by atoms with Gasteiger partial charge in [0.1, 0.15) is 0 Å². The largest absolute Gasteiger partial charge is 0.322 e. The lowest BCUT2D eigenvalue weighted by atomic mass is 10.2. The molecule has 3 rings (SSSR count). The maximum atomic E-state index is 12.4. The van der Waals surface area contributed by atoms with Crippen LogP contribution in [0.2, 0.25) is 0 Å². The van der Waals surface area contributed by atoms with Crippen LogP contribution in [0.15, 0.2) is 42.7 Å². The standard InChI is InChI=1S/C17H23N5O/c1-15-5-2-3-6-16(15)19-17(23)21-12-9-20(10-13-21)11-14-22-8-4-7-18-22/h2-8H,9-14H2,1H3,(H,19,23). The third-order valence-corrected chi connectivity index (χ3v) is 4.25. The highest BCUT2D eigenvalue weighted by atomic mass is 16.2. The number of hydrogen-bond donors (Lipinski definition) is 1. The number of rotatable bonds is 4. The Morgan fingerprint density at radius 2 is 1.91 bits per heavy atom. The quantitative estimate of drug-likeness (QED) is 0.940. The molecule has 0 atom stereocenters. The first-order chi connectivity index (χ1) is 11.2. The van der Waals surface area contributed by atoms with Crippen molar-refractivity contribution in [2.24, 2.45) is 0 Å². The Morgan fingerprint density at radius 1 is 1.13 bits per heavy atom. The van der Waals surface area contributed by atoms with Crippen LogP contribution < -0.4 is 5.32 Å². The molecule has 1 aromatic heterocycles. The number of piperazine rings is 1. The maximum absolute atomic E-state index is 12.4. The summed E-state index contributed by atoms with van der Waals surface area (Å²) in [5.41, 5.74) is 1.97. The van der Waals surface area contributed by atoms with E-state index >= 15 is 0 Å². The van der Waals surface area contributed by atoms with E-state index in [1.165, 1.54) is 0 Å². The lowest BCUT2D eigenvalue weighted by molar-refractivity contribution is 0.143. The third kappa shape index (κ3) is 4.10. The van der Waals surface area contributed by atoms with E-state index < -0.39 is 0 Å². The Morgan fingerprint density at radius 3 is 2.61 bits per heavy atom. The fourth-order valence-electron chi connectivity index (χ4n) is 2.76. The predicted molar refractivity (Wildman–Crippen MR) is 90.4 cm³/mol. The van der Waals surface area contributed by atoms with Gasteiger partial charge in [-0.1, -0.05) is 18.2 Å². The van der Waals surface area contributed by atoms with Crippen molar-refractivity contribution in [3.63, 3.8) is 0 Å². The highest BCUT2D eigenvalue weighted by Crippen LogP contribution is 2.14. The molecule has 0 radical (unpaired) electrons. The summed E-state index contributed by atoms with van der Waals surface area (Å²) in [6.07, 6.45) is 3.78. The number of anilines is 1. The number of aromatic nitrogens is 2. The van der Waals surface area contributed by atoms with Gasteiger partial charge in [0.25, 0.3) is 0 Å². The van der Waals surface area contributed by atoms with Gasteiger partial charge in [-0.2, -0.15) is 5.10 Å². The van der Waals surface area contributed by atoms with E-state index in [0.29, 0.717) is 0 Å². The Bertz CT molecular complexity index is 632. The van der Waals surface area contributed by atoms with Crippen molar-refractivity contribution >= 4 is 11.7 Å². The van der Waals surface area contributed by atoms with Gasteiger partial charge in [0.15, 0.2) is 0 Å². The summed E-state index contributed by atoms with van der Waals surface area (Å²) in [5, 5.41) is 7.22. The van der Waals surface area contributed by atoms with Gasteiger partial charge >= 0.3 is 6.03 Å². The summed E-state index contributed by atoms with van der Waals surface area (Å²) in [5.74, 6) is 0. The Kier molecular flexibility index (Phi) is 4.92. The average molecular weight is 313 g/mol. The van der Waals surface area contributed by atoms with E-state index in [1.54, 1.807) is 6.20 Å². The van der Waals surface area contributed by atoms with E-state index in [9.17, 15) is 4.79 Å². The number of urea groups is 1. The molecule has 1 saturated heterocycles. The highest BCUT2D eigenvalue weighted by molar-refractivity contribution is 5.90. The number of aryl methyl sites for hydroxylation is 1. The molecule has 23 heavy (non-hydrogen) atoms. The van der Waals surface area contributed by atoms with Gasteiger partial charge in [-0.25, -0.2) is 4.79 Å². The van der Waals surface area contributed by atoms with Crippen LogP contribution in [0.5, 0.6) is 0 Å². The first-order valence-corrected chi connectivity index (χ1v) is 8.04. The van der Waals surface area contributed by atoms with Crippen molar-refractivity contribution in [1.82, 2.24) is 19.6 Å². The second kappa shape index (κ2) is 7.28. The summed E-state index contributed by atoms with van der Waals surface area (Å²) in [6, 6.07) is 9.79. The maximum Gasteiger partial charge on any atom is 0.321 e. The van der Waals surface area contributed by atoms with Gasteiger partial charge in [0, 0.05) is 50.8 Å². The molecule has 0 unspecified atom stereocenters. The molecule has 0 bridgehead atoms. The average Bonchev–Trinajstić information content (AvgIpc) is 3.09. The summed E-state index contributed by atoms with van der Waals surface area (Å²) in [7, 11) is 0. The first kappa shape index (κ1) is 15.6. The lowest BCUT2D eigenvalue weighted by Crippen LogP contribution is -2.50. The van der Waals surface area contributed by atoms with Gasteiger partial charge < -0.3 is 10.2 Å². The molecule has 6 nitrogen and oxygen atoms in total. The van der Waals surface area contributed by atoms with Gasteiger partial charge in [0.2, 0.25) is 0 Å². The van der Waals surface area contributed by atoms with E-state index in [1.807, 2.05) is 53.0 Å². The number of hydrogen-bond acceptors (Lipinski definition) is 3. The van der Waals surface area contributed by atoms with Crippen LogP contribution in [0.4, 0.5) is 10.5 Å². The second-order valence-corrected chi connectivity index (χ2v) is 5.84. The number of para-hydroxylation sites is 1. The Hall–Kier alpha value is -2.34. The van der Waals surface area contributed by atoms with Crippen LogP contribution in [0.25, 0.3) is 0 Å². The smallest absolute Gasteiger partial charge is 0.321 e. The van der Waals surface area contributed by atoms with E-state index in [-0.39, 0.29) is 6.03 Å². The van der Waals surface area contributed by atoms with Crippen LogP contribution in [-0.4, -0.2) is 58.3 Å². The summed E-state index contributed by atoms with van der Waals surface area (Å²) >= 11 is 0. The van der Waals surface area contributed by atoms with E-state index in [2.05, 4.69) is 15.3 Å². The topological polar surface area (TPSA) is 53.4 Å². The molecule has 2 amide bonds. The minimum Gasteiger partial charge on any atom is -0.322 e. The number of carbonyl (C=O) groups is 1. The van der Waals surface area contributed by atoms with Crippen LogP contribution in [-0.2, 0) is 6.54 Å². The van der Waals surface area contributed by atoms with Crippen molar-refractivity contribution in [1.29, 1.82) is 0 Å². The molecular formula is C17H23N5O. The summed E-state index contributed by atoms with van der Waals surface area (Å²) in [6.45, 7) is 7.19. The number of benzene rings is 1. The van der Waals surface area contributed by atoms with Crippen molar-refractivity contribution < 1.29 is 4.79 Å². The van der Waals surface area contributed by atoms with Crippen molar-refractivity contribution in [3.8, 4) is 0 Å². The zero-order valence-electron chi connectivity index (χ0n) is 13.5. The lowest BCUT2D eigenvalue weighted by Gasteiger charge is -2.34. The minimum atomic E-state index is -0.00831. The Balaban J connectivity index is 1.45. The molecule has 1 aliphatic heterocycles. The molecule has 1 aliphatic rings. The van der Waals surface area contributed by atoms with Crippen molar-refractivity contribution in [2.75, 3.05) is 38.0 Å². The summed E-state index contributed by atoms with van der Waals surface area (Å²) in [4.78, 5) is 16.6. The predicted octanol–water partition coefficient (Wildman–Crippen LogP) is 2.04. The van der Waals surface area contributed by atoms with Crippen molar-refractivity contribution in [2.45, 2.75) is 13.5 Å². The molecule has 122 valence electrons. The van der Waals surface area contributed by atoms with Gasteiger partial charge in [0.05, 0.1) is 6.54 Å². The van der Waals surface area contributed by atoms with Crippen LogP contribution in [0.1, 0.15) is 5.56 Å². The normalized spacial score (nSPS) is 15.6. The minimum absolute atomic E-state index is 0.00831. The fraction of sp³-hybridized carbons (Fsp3) is 0.412. The third-order valence-electron chi connectivity index (χ3n) is 4.25. The van der Waals surface area contributed by atoms with Crippen LogP contribution in [0.3, 0.4) is 0 Å². The highest BCUT2D eigenvalue weighted by Gasteiger charge is 2.21. The van der Waals surface area contributed by atoms with Crippen LogP contribution in [0, 0.1) is 6.92 Å². The molecule has 2 aromatic rings. The fourth-order valence-corrected chi connectivity index (χ4v) is 2.76. The zero-order chi connectivity index (χ0) is 16.1. The van der Waals surface area contributed by atoms with Crippen LogP contribution >= 0.6 is 0 Å². The Labute approximate surface area is 136 Å². The monoisotopic (exact) mass is 313 g/mol. The second-order valence-electron chi connectivity index (χ2n) is 5.84. The molecule has 0 spiro atoms.